The summed E-state index contributed by atoms with van der Waals surface area (Å²) in [5.41, 5.74) is 2.23. The van der Waals surface area contributed by atoms with Crippen LogP contribution >= 0.6 is 0 Å². The van der Waals surface area contributed by atoms with Crippen molar-refractivity contribution in [2.24, 2.45) is 0 Å². The highest BCUT2D eigenvalue weighted by molar-refractivity contribution is 5.79. The molecule has 1 aliphatic rings. The zero-order valence-corrected chi connectivity index (χ0v) is 10.4. The van der Waals surface area contributed by atoms with Gasteiger partial charge in [-0.05, 0) is 25.0 Å². The molecule has 1 fully saturated rings. The molecule has 0 radical (unpaired) electrons. The number of methoxy groups -OCH3 is 1. The Morgan fingerprint density at radius 2 is 2.35 bits per heavy atom. The minimum atomic E-state index is 0.156. The van der Waals surface area contributed by atoms with Crippen LogP contribution in [-0.2, 0) is 16.0 Å². The SMILES string of the molecule is COc1ccc(C2CCOC2)cc1CC(C)=O. The number of ether oxygens (including phenoxy) is 2. The van der Waals surface area contributed by atoms with Crippen LogP contribution in [0, 0.1) is 0 Å². The number of carbonyl (C=O) groups excluding carboxylic acids is 1. The van der Waals surface area contributed by atoms with Gasteiger partial charge in [-0.2, -0.15) is 0 Å². The Balaban J connectivity index is 2.26. The van der Waals surface area contributed by atoms with Gasteiger partial charge in [0.05, 0.1) is 13.7 Å². The van der Waals surface area contributed by atoms with Crippen LogP contribution < -0.4 is 4.74 Å². The molecule has 1 aromatic rings. The lowest BCUT2D eigenvalue weighted by atomic mass is 9.95. The van der Waals surface area contributed by atoms with Gasteiger partial charge in [0, 0.05) is 24.5 Å². The maximum absolute atomic E-state index is 11.2. The third kappa shape index (κ3) is 2.86. The number of ketones is 1. The molecule has 1 unspecified atom stereocenters. The summed E-state index contributed by atoms with van der Waals surface area (Å²) >= 11 is 0. The molecule has 0 amide bonds. The lowest BCUT2D eigenvalue weighted by Crippen LogP contribution is -2.03. The topological polar surface area (TPSA) is 35.5 Å². The second-order valence-electron chi connectivity index (χ2n) is 4.51. The molecule has 0 spiro atoms. The fourth-order valence-corrected chi connectivity index (χ4v) is 2.26. The Labute approximate surface area is 102 Å². The summed E-state index contributed by atoms with van der Waals surface area (Å²) in [6.45, 7) is 3.22. The van der Waals surface area contributed by atoms with Crippen molar-refractivity contribution >= 4 is 5.78 Å². The number of Topliss-reactive ketones (excluding diaryl/α,β-unsaturated/α-hetero) is 1. The molecule has 2 rings (SSSR count). The largest absolute Gasteiger partial charge is 0.496 e. The Morgan fingerprint density at radius 1 is 1.53 bits per heavy atom. The van der Waals surface area contributed by atoms with Crippen molar-refractivity contribution in [3.63, 3.8) is 0 Å². The van der Waals surface area contributed by atoms with E-state index in [2.05, 4.69) is 12.1 Å². The van der Waals surface area contributed by atoms with Crippen LogP contribution in [0.15, 0.2) is 18.2 Å². The summed E-state index contributed by atoms with van der Waals surface area (Å²) in [4.78, 5) is 11.2. The number of rotatable bonds is 4. The lowest BCUT2D eigenvalue weighted by Gasteiger charge is -2.13. The van der Waals surface area contributed by atoms with Crippen LogP contribution in [-0.4, -0.2) is 26.1 Å². The molecule has 0 bridgehead atoms. The van der Waals surface area contributed by atoms with E-state index in [1.807, 2.05) is 6.07 Å². The van der Waals surface area contributed by atoms with Crippen LogP contribution in [0.5, 0.6) is 5.75 Å². The molecule has 1 aromatic carbocycles. The average molecular weight is 234 g/mol. The van der Waals surface area contributed by atoms with Gasteiger partial charge in [-0.15, -0.1) is 0 Å². The summed E-state index contributed by atoms with van der Waals surface area (Å²) in [6, 6.07) is 6.10. The van der Waals surface area contributed by atoms with Crippen molar-refractivity contribution in [3.8, 4) is 5.75 Å². The molecule has 1 aliphatic heterocycles. The standard InChI is InChI=1S/C14H18O3/c1-10(15)7-13-8-11(3-4-14(13)16-2)12-5-6-17-9-12/h3-4,8,12H,5-7,9H2,1-2H3. The molecular formula is C14H18O3. The van der Waals surface area contributed by atoms with Gasteiger partial charge in [-0.3, -0.25) is 4.79 Å². The summed E-state index contributed by atoms with van der Waals surface area (Å²) in [5, 5.41) is 0. The zero-order valence-electron chi connectivity index (χ0n) is 10.4. The molecule has 1 heterocycles. The van der Waals surface area contributed by atoms with Gasteiger partial charge < -0.3 is 9.47 Å². The van der Waals surface area contributed by atoms with E-state index in [0.717, 1.165) is 30.9 Å². The minimum absolute atomic E-state index is 0.156. The van der Waals surface area contributed by atoms with Crippen LogP contribution in [0.2, 0.25) is 0 Å². The molecule has 3 heteroatoms. The third-order valence-electron chi connectivity index (χ3n) is 3.14. The third-order valence-corrected chi connectivity index (χ3v) is 3.14. The van der Waals surface area contributed by atoms with Gasteiger partial charge in [-0.1, -0.05) is 12.1 Å². The molecule has 0 N–H and O–H groups in total. The van der Waals surface area contributed by atoms with Crippen molar-refractivity contribution in [3.05, 3.63) is 29.3 Å². The predicted octanol–water partition coefficient (Wildman–Crippen LogP) is 2.33. The van der Waals surface area contributed by atoms with Crippen molar-refractivity contribution in [1.29, 1.82) is 0 Å². The molecule has 0 aliphatic carbocycles. The molecule has 1 atom stereocenters. The van der Waals surface area contributed by atoms with E-state index < -0.39 is 0 Å². The lowest BCUT2D eigenvalue weighted by molar-refractivity contribution is -0.116. The maximum Gasteiger partial charge on any atom is 0.134 e. The smallest absolute Gasteiger partial charge is 0.134 e. The van der Waals surface area contributed by atoms with Crippen LogP contribution in [0.4, 0.5) is 0 Å². The monoisotopic (exact) mass is 234 g/mol. The van der Waals surface area contributed by atoms with E-state index in [-0.39, 0.29) is 5.78 Å². The van der Waals surface area contributed by atoms with Gasteiger partial charge in [0.1, 0.15) is 11.5 Å². The quantitative estimate of drug-likeness (QED) is 0.802. The van der Waals surface area contributed by atoms with Gasteiger partial charge in [0.15, 0.2) is 0 Å². The molecule has 3 nitrogen and oxygen atoms in total. The van der Waals surface area contributed by atoms with Crippen molar-refractivity contribution < 1.29 is 14.3 Å². The normalized spacial score (nSPS) is 19.3. The van der Waals surface area contributed by atoms with E-state index in [4.69, 9.17) is 9.47 Å². The van der Waals surface area contributed by atoms with Gasteiger partial charge in [0.25, 0.3) is 0 Å². The van der Waals surface area contributed by atoms with E-state index in [9.17, 15) is 4.79 Å². The predicted molar refractivity (Wildman–Crippen MR) is 65.6 cm³/mol. The Hall–Kier alpha value is -1.35. The van der Waals surface area contributed by atoms with E-state index in [1.54, 1.807) is 14.0 Å². The number of hydrogen-bond acceptors (Lipinski definition) is 3. The van der Waals surface area contributed by atoms with Gasteiger partial charge in [-0.25, -0.2) is 0 Å². The second-order valence-corrected chi connectivity index (χ2v) is 4.51. The summed E-state index contributed by atoms with van der Waals surface area (Å²) in [7, 11) is 1.64. The van der Waals surface area contributed by atoms with Gasteiger partial charge >= 0.3 is 0 Å². The molecule has 1 saturated heterocycles. The molecule has 92 valence electrons. The van der Waals surface area contributed by atoms with Crippen molar-refractivity contribution in [2.45, 2.75) is 25.7 Å². The Bertz CT molecular complexity index is 406. The highest BCUT2D eigenvalue weighted by Crippen LogP contribution is 2.29. The summed E-state index contributed by atoms with van der Waals surface area (Å²) in [6.07, 6.45) is 1.50. The Kier molecular flexibility index (Phi) is 3.79. The van der Waals surface area contributed by atoms with Crippen molar-refractivity contribution in [2.75, 3.05) is 20.3 Å². The number of carbonyl (C=O) groups is 1. The molecular weight excluding hydrogens is 216 g/mol. The van der Waals surface area contributed by atoms with Crippen LogP contribution in [0.25, 0.3) is 0 Å². The zero-order chi connectivity index (χ0) is 12.3. The second kappa shape index (κ2) is 5.32. The number of benzene rings is 1. The van der Waals surface area contributed by atoms with E-state index >= 15 is 0 Å². The van der Waals surface area contributed by atoms with Crippen LogP contribution in [0.3, 0.4) is 0 Å². The average Bonchev–Trinajstić information content (AvgIpc) is 2.81. The first-order chi connectivity index (χ1) is 8.20. The fourth-order valence-electron chi connectivity index (χ4n) is 2.26. The highest BCUT2D eigenvalue weighted by atomic mass is 16.5. The minimum Gasteiger partial charge on any atom is -0.496 e. The summed E-state index contributed by atoms with van der Waals surface area (Å²) in [5.74, 6) is 1.41. The van der Waals surface area contributed by atoms with Gasteiger partial charge in [0.2, 0.25) is 0 Å². The first kappa shape index (κ1) is 12.1. The molecule has 17 heavy (non-hydrogen) atoms. The maximum atomic E-state index is 11.2. The fraction of sp³-hybridized carbons (Fsp3) is 0.500. The molecule has 0 saturated carbocycles. The van der Waals surface area contributed by atoms with Crippen molar-refractivity contribution in [1.82, 2.24) is 0 Å². The van der Waals surface area contributed by atoms with E-state index in [1.165, 1.54) is 5.56 Å². The first-order valence-corrected chi connectivity index (χ1v) is 5.94. The number of hydrogen-bond donors (Lipinski definition) is 0. The first-order valence-electron chi connectivity index (χ1n) is 5.94. The highest BCUT2D eigenvalue weighted by Gasteiger charge is 2.19. The van der Waals surface area contributed by atoms with Crippen LogP contribution in [0.1, 0.15) is 30.4 Å². The van der Waals surface area contributed by atoms with E-state index in [0.29, 0.717) is 12.3 Å². The Morgan fingerprint density at radius 3 is 2.94 bits per heavy atom. The molecule has 0 aromatic heterocycles. The summed E-state index contributed by atoms with van der Waals surface area (Å²) < 4.78 is 10.7.